The second kappa shape index (κ2) is 14.5. The van der Waals surface area contributed by atoms with E-state index in [-0.39, 0.29) is 11.8 Å². The zero-order valence-corrected chi connectivity index (χ0v) is 21.1. The van der Waals surface area contributed by atoms with Crippen LogP contribution in [0.5, 0.6) is 0 Å². The summed E-state index contributed by atoms with van der Waals surface area (Å²) in [6.45, 7) is 4.96. The number of benzene rings is 2. The summed E-state index contributed by atoms with van der Waals surface area (Å²) >= 11 is 14.0. The van der Waals surface area contributed by atoms with Crippen molar-refractivity contribution in [2.24, 2.45) is 0 Å². The van der Waals surface area contributed by atoms with Gasteiger partial charge in [-0.3, -0.25) is 9.59 Å². The number of unbranched alkanes of at least 4 members (excludes halogenated alkanes) is 1. The predicted molar refractivity (Wildman–Crippen MR) is 135 cm³/mol. The first-order valence-electron chi connectivity index (χ1n) is 11.1. The second-order valence-corrected chi connectivity index (χ2v) is 9.60. The van der Waals surface area contributed by atoms with E-state index in [1.807, 2.05) is 55.5 Å². The van der Waals surface area contributed by atoms with E-state index in [1.165, 1.54) is 0 Å². The summed E-state index contributed by atoms with van der Waals surface area (Å²) in [6.07, 6.45) is 3.57. The lowest BCUT2D eigenvalue weighted by Gasteiger charge is -2.31. The third kappa shape index (κ3) is 8.68. The van der Waals surface area contributed by atoms with E-state index in [0.29, 0.717) is 36.0 Å². The van der Waals surface area contributed by atoms with Crippen molar-refractivity contribution in [3.8, 4) is 0 Å². The lowest BCUT2D eigenvalue weighted by Crippen LogP contribution is -2.49. The van der Waals surface area contributed by atoms with Crippen molar-refractivity contribution in [2.45, 2.75) is 63.4 Å². The Morgan fingerprint density at radius 3 is 2.41 bits per heavy atom. The molecule has 2 aromatic carbocycles. The Morgan fingerprint density at radius 1 is 1.03 bits per heavy atom. The molecule has 7 heteroatoms. The predicted octanol–water partition coefficient (Wildman–Crippen LogP) is 6.59. The Morgan fingerprint density at radius 2 is 1.75 bits per heavy atom. The van der Waals surface area contributed by atoms with E-state index in [9.17, 15) is 9.59 Å². The van der Waals surface area contributed by atoms with E-state index < -0.39 is 6.04 Å². The second-order valence-electron chi connectivity index (χ2n) is 7.59. The molecular formula is C25H32Cl2N2O2S. The molecule has 0 saturated carbocycles. The van der Waals surface area contributed by atoms with Crippen LogP contribution in [0.25, 0.3) is 0 Å². The molecule has 4 nitrogen and oxygen atoms in total. The van der Waals surface area contributed by atoms with Crippen LogP contribution in [0.4, 0.5) is 0 Å². The molecule has 0 unspecified atom stereocenters. The number of nitrogens with zero attached hydrogens (tertiary/aromatic N) is 1. The van der Waals surface area contributed by atoms with Crippen molar-refractivity contribution in [1.29, 1.82) is 0 Å². The van der Waals surface area contributed by atoms with Crippen molar-refractivity contribution in [2.75, 3.05) is 12.3 Å². The summed E-state index contributed by atoms with van der Waals surface area (Å²) in [6, 6.07) is 14.6. The molecule has 0 bridgehead atoms. The van der Waals surface area contributed by atoms with E-state index in [0.717, 1.165) is 35.5 Å². The molecule has 0 aromatic heterocycles. The van der Waals surface area contributed by atoms with E-state index >= 15 is 0 Å². The number of hydrogen-bond donors (Lipinski definition) is 1. The molecule has 0 aliphatic heterocycles. The van der Waals surface area contributed by atoms with Crippen LogP contribution in [-0.4, -0.2) is 35.1 Å². The third-order valence-corrected chi connectivity index (χ3v) is 6.85. The van der Waals surface area contributed by atoms with Crippen molar-refractivity contribution in [1.82, 2.24) is 10.2 Å². The Kier molecular flexibility index (Phi) is 12.0. The van der Waals surface area contributed by atoms with Crippen molar-refractivity contribution in [3.05, 3.63) is 64.1 Å². The first kappa shape index (κ1) is 26.6. The molecule has 0 aliphatic carbocycles. The van der Waals surface area contributed by atoms with Gasteiger partial charge in [0.1, 0.15) is 6.04 Å². The summed E-state index contributed by atoms with van der Waals surface area (Å²) in [5.74, 6) is 0.684. The molecule has 1 N–H and O–H groups in total. The minimum atomic E-state index is -0.514. The molecule has 0 radical (unpaired) electrons. The summed E-state index contributed by atoms with van der Waals surface area (Å²) in [7, 11) is 0. The van der Waals surface area contributed by atoms with Gasteiger partial charge in [0.15, 0.2) is 0 Å². The van der Waals surface area contributed by atoms with Crippen LogP contribution < -0.4 is 5.32 Å². The number of rotatable bonds is 13. The molecule has 2 rings (SSSR count). The smallest absolute Gasteiger partial charge is 0.242 e. The van der Waals surface area contributed by atoms with Crippen LogP contribution >= 0.6 is 35.0 Å². The Labute approximate surface area is 206 Å². The fourth-order valence-electron chi connectivity index (χ4n) is 3.32. The van der Waals surface area contributed by atoms with Gasteiger partial charge in [-0.2, -0.15) is 0 Å². The van der Waals surface area contributed by atoms with Gasteiger partial charge in [0.05, 0.1) is 0 Å². The first-order chi connectivity index (χ1) is 15.5. The number of nitrogens with one attached hydrogen (secondary N) is 1. The molecule has 0 saturated heterocycles. The molecule has 0 aliphatic rings. The van der Waals surface area contributed by atoms with Crippen LogP contribution in [-0.2, 0) is 16.1 Å². The van der Waals surface area contributed by atoms with Crippen LogP contribution in [0.1, 0.15) is 51.5 Å². The van der Waals surface area contributed by atoms with E-state index in [1.54, 1.807) is 16.7 Å². The quantitative estimate of drug-likeness (QED) is 0.252. The van der Waals surface area contributed by atoms with Gasteiger partial charge in [-0.15, -0.1) is 11.8 Å². The summed E-state index contributed by atoms with van der Waals surface area (Å²) in [4.78, 5) is 28.9. The number of carbonyl (C=O) groups excluding carboxylic acids is 2. The molecule has 2 aromatic rings. The minimum Gasteiger partial charge on any atom is -0.354 e. The summed E-state index contributed by atoms with van der Waals surface area (Å²) < 4.78 is 0. The number of halogens is 2. The zero-order valence-electron chi connectivity index (χ0n) is 18.8. The topological polar surface area (TPSA) is 49.4 Å². The van der Waals surface area contributed by atoms with Gasteiger partial charge in [-0.25, -0.2) is 0 Å². The average molecular weight is 496 g/mol. The average Bonchev–Trinajstić information content (AvgIpc) is 2.79. The number of thioether (sulfide) groups is 1. The third-order valence-electron chi connectivity index (χ3n) is 5.13. The van der Waals surface area contributed by atoms with E-state index in [4.69, 9.17) is 23.2 Å². The highest BCUT2D eigenvalue weighted by molar-refractivity contribution is 7.99. The summed E-state index contributed by atoms with van der Waals surface area (Å²) in [5.41, 5.74) is 0.845. The number of carbonyl (C=O) groups is 2. The normalized spacial score (nSPS) is 11.8. The lowest BCUT2D eigenvalue weighted by atomic mass is 10.1. The maximum absolute atomic E-state index is 13.2. The molecule has 0 heterocycles. The van der Waals surface area contributed by atoms with Crippen LogP contribution in [0, 0.1) is 0 Å². The minimum absolute atomic E-state index is 0.0286. The zero-order chi connectivity index (χ0) is 23.3. The van der Waals surface area contributed by atoms with Crippen molar-refractivity contribution < 1.29 is 9.59 Å². The van der Waals surface area contributed by atoms with Gasteiger partial charge < -0.3 is 10.2 Å². The summed E-state index contributed by atoms with van der Waals surface area (Å²) in [5, 5.41) is 4.30. The van der Waals surface area contributed by atoms with Gasteiger partial charge >= 0.3 is 0 Å². The molecule has 2 amide bonds. The fraction of sp³-hybridized carbons (Fsp3) is 0.440. The van der Waals surface area contributed by atoms with Crippen LogP contribution in [0.3, 0.4) is 0 Å². The van der Waals surface area contributed by atoms with Gasteiger partial charge in [0, 0.05) is 34.5 Å². The maximum atomic E-state index is 13.2. The Hall–Kier alpha value is -1.69. The van der Waals surface area contributed by atoms with Gasteiger partial charge in [-0.05, 0) is 60.9 Å². The lowest BCUT2D eigenvalue weighted by molar-refractivity contribution is -0.141. The van der Waals surface area contributed by atoms with Crippen LogP contribution in [0.15, 0.2) is 53.4 Å². The molecule has 0 fully saturated rings. The van der Waals surface area contributed by atoms with Crippen molar-refractivity contribution in [3.63, 3.8) is 0 Å². The van der Waals surface area contributed by atoms with Gasteiger partial charge in [-0.1, -0.05) is 61.7 Å². The molecule has 1 atom stereocenters. The SMILES string of the molecule is CCCCNC(=O)[C@@H](CC)N(Cc1ccccc1Cl)C(=O)CCCSc1ccc(Cl)cc1. The molecule has 32 heavy (non-hydrogen) atoms. The van der Waals surface area contributed by atoms with Crippen LogP contribution in [0.2, 0.25) is 10.0 Å². The first-order valence-corrected chi connectivity index (χ1v) is 12.9. The highest BCUT2D eigenvalue weighted by Crippen LogP contribution is 2.23. The number of amides is 2. The number of hydrogen-bond acceptors (Lipinski definition) is 3. The Balaban J connectivity index is 2.04. The monoisotopic (exact) mass is 494 g/mol. The van der Waals surface area contributed by atoms with Gasteiger partial charge in [0.2, 0.25) is 11.8 Å². The fourth-order valence-corrected chi connectivity index (χ4v) is 4.50. The molecule has 174 valence electrons. The largest absolute Gasteiger partial charge is 0.354 e. The highest BCUT2D eigenvalue weighted by atomic mass is 35.5. The molecule has 0 spiro atoms. The van der Waals surface area contributed by atoms with Crippen molar-refractivity contribution >= 4 is 46.8 Å². The molecular weight excluding hydrogens is 463 g/mol. The standard InChI is InChI=1S/C25H32Cl2N2O2S/c1-3-5-16-28-25(31)23(4-2)29(18-19-9-6-7-10-22(19)27)24(30)11-8-17-32-21-14-12-20(26)13-15-21/h6-7,9-10,12-15,23H,3-5,8,11,16-18H2,1-2H3,(H,28,31)/t23-/m1/s1. The van der Waals surface area contributed by atoms with Gasteiger partial charge in [0.25, 0.3) is 0 Å². The maximum Gasteiger partial charge on any atom is 0.242 e. The Bertz CT molecular complexity index is 861. The highest BCUT2D eigenvalue weighted by Gasteiger charge is 2.28. The van der Waals surface area contributed by atoms with E-state index in [2.05, 4.69) is 12.2 Å².